The van der Waals surface area contributed by atoms with Crippen molar-refractivity contribution in [2.45, 2.75) is 18.4 Å². The largest absolute Gasteiger partial charge is 0.378 e. The minimum Gasteiger partial charge on any atom is -0.378 e. The maximum atomic E-state index is 13.3. The van der Waals surface area contributed by atoms with Crippen molar-refractivity contribution < 1.29 is 27.0 Å². The van der Waals surface area contributed by atoms with Crippen LogP contribution in [0.25, 0.3) is 16.8 Å². The van der Waals surface area contributed by atoms with E-state index in [-0.39, 0.29) is 28.0 Å². The number of thioether (sulfide) groups is 1. The average molecular weight is 638 g/mol. The van der Waals surface area contributed by atoms with Crippen molar-refractivity contribution in [3.8, 4) is 5.75 Å². The molecule has 1 fully saturated rings. The van der Waals surface area contributed by atoms with Gasteiger partial charge in [0, 0.05) is 22.6 Å². The molecular weight excluding hydrogens is 616 g/mol. The molecule has 0 bridgehead atoms. The first-order valence-corrected chi connectivity index (χ1v) is 15.0. The molecule has 1 aliphatic rings. The Morgan fingerprint density at radius 2 is 1.68 bits per heavy atom. The highest BCUT2D eigenvalue weighted by Crippen LogP contribution is 2.38. The zero-order chi connectivity index (χ0) is 28.4. The summed E-state index contributed by atoms with van der Waals surface area (Å²) in [6.45, 7) is 1.46. The van der Waals surface area contributed by atoms with E-state index >= 15 is 0 Å². The van der Waals surface area contributed by atoms with Gasteiger partial charge in [0.2, 0.25) is 5.91 Å². The number of rotatable bonds is 7. The zero-order valence-electron chi connectivity index (χ0n) is 21.0. The van der Waals surface area contributed by atoms with Crippen LogP contribution in [0.5, 0.6) is 5.75 Å². The molecule has 0 spiro atoms. The number of nitrogens with one attached hydrogen (secondary N) is 1. The molecule has 40 heavy (non-hydrogen) atoms. The topological polar surface area (TPSA) is 110 Å². The van der Waals surface area contributed by atoms with E-state index in [1.807, 2.05) is 36.4 Å². The summed E-state index contributed by atoms with van der Waals surface area (Å²) in [6.07, 6.45) is 1.50. The van der Waals surface area contributed by atoms with E-state index in [9.17, 15) is 22.8 Å². The third-order valence-corrected chi connectivity index (χ3v) is 8.68. The minimum absolute atomic E-state index is 0.00402. The molecule has 0 saturated carbocycles. The van der Waals surface area contributed by atoms with Crippen LogP contribution in [0.3, 0.4) is 0 Å². The fourth-order valence-electron chi connectivity index (χ4n) is 4.11. The molecule has 11 heteroatoms. The molecule has 202 valence electrons. The maximum absolute atomic E-state index is 13.3. The van der Waals surface area contributed by atoms with Gasteiger partial charge in [-0.1, -0.05) is 58.4 Å². The van der Waals surface area contributed by atoms with E-state index in [1.54, 1.807) is 18.2 Å². The number of halogens is 1. The molecule has 0 aromatic heterocycles. The summed E-state index contributed by atoms with van der Waals surface area (Å²) in [5.74, 6) is -0.758. The second kappa shape index (κ2) is 11.3. The van der Waals surface area contributed by atoms with Gasteiger partial charge in [0.05, 0.1) is 11.4 Å². The van der Waals surface area contributed by atoms with Crippen LogP contribution in [0.4, 0.5) is 10.5 Å². The quantitative estimate of drug-likeness (QED) is 0.181. The van der Waals surface area contributed by atoms with Gasteiger partial charge in [-0.15, -0.1) is 0 Å². The number of hydrogen-bond donors (Lipinski definition) is 1. The Hall–Kier alpha value is -3.93. The molecule has 8 nitrogen and oxygen atoms in total. The monoisotopic (exact) mass is 636 g/mol. The molecule has 0 aliphatic carbocycles. The Morgan fingerprint density at radius 1 is 0.975 bits per heavy atom. The van der Waals surface area contributed by atoms with Gasteiger partial charge >= 0.3 is 10.1 Å². The molecule has 0 unspecified atom stereocenters. The SMILES string of the molecule is CC(=O)Nc1ccc(S(=O)(=O)Oc2ccc3ccccc3c2/C=C2\SC(=O)N(Cc3ccc(Br)cc3)C2=O)cc1. The van der Waals surface area contributed by atoms with E-state index in [4.69, 9.17) is 4.18 Å². The van der Waals surface area contributed by atoms with Crippen molar-refractivity contribution >= 4 is 77.4 Å². The Kier molecular flexibility index (Phi) is 7.79. The van der Waals surface area contributed by atoms with Gasteiger partial charge in [0.1, 0.15) is 4.90 Å². The van der Waals surface area contributed by atoms with Crippen LogP contribution in [0.1, 0.15) is 18.1 Å². The Morgan fingerprint density at radius 3 is 2.38 bits per heavy atom. The minimum atomic E-state index is -4.28. The highest BCUT2D eigenvalue weighted by Gasteiger charge is 2.35. The van der Waals surface area contributed by atoms with Gasteiger partial charge in [-0.3, -0.25) is 19.3 Å². The number of benzene rings is 4. The van der Waals surface area contributed by atoms with Crippen LogP contribution in [0.15, 0.2) is 99.2 Å². The second-order valence-corrected chi connectivity index (χ2v) is 12.3. The normalized spacial score (nSPS) is 14.7. The lowest BCUT2D eigenvalue weighted by Gasteiger charge is -2.14. The standard InChI is InChI=1S/C29H21BrN2O6S2/c1-18(33)31-22-11-13-23(14-12-22)40(36,37)38-26-15-8-20-4-2-3-5-24(20)25(26)16-27-28(34)32(29(35)39-27)17-19-6-9-21(30)10-7-19/h2-16H,17H2,1H3,(H,31,33)/b27-16-. The van der Waals surface area contributed by atoms with Crippen molar-refractivity contribution in [2.75, 3.05) is 5.32 Å². The molecule has 1 N–H and O–H groups in total. The van der Waals surface area contributed by atoms with E-state index in [1.165, 1.54) is 43.3 Å². The van der Waals surface area contributed by atoms with Gasteiger partial charge in [-0.05, 0) is 76.6 Å². The summed E-state index contributed by atoms with van der Waals surface area (Å²) in [7, 11) is -4.28. The molecule has 5 rings (SSSR count). The Labute approximate surface area is 243 Å². The number of carbonyl (C=O) groups is 3. The molecule has 0 radical (unpaired) electrons. The van der Waals surface area contributed by atoms with Crippen LogP contribution in [0, 0.1) is 0 Å². The molecule has 1 aliphatic heterocycles. The van der Waals surface area contributed by atoms with Crippen molar-refractivity contribution in [2.24, 2.45) is 0 Å². The predicted molar refractivity (Wildman–Crippen MR) is 158 cm³/mol. The fourth-order valence-corrected chi connectivity index (χ4v) is 6.14. The second-order valence-electron chi connectivity index (χ2n) is 8.84. The van der Waals surface area contributed by atoms with Gasteiger partial charge < -0.3 is 9.50 Å². The number of hydrogen-bond acceptors (Lipinski definition) is 7. The van der Waals surface area contributed by atoms with Crippen molar-refractivity contribution in [3.05, 3.63) is 105 Å². The summed E-state index contributed by atoms with van der Waals surface area (Å²) in [6, 6.07) is 23.4. The van der Waals surface area contributed by atoms with E-state index in [0.717, 1.165) is 32.1 Å². The summed E-state index contributed by atoms with van der Waals surface area (Å²) >= 11 is 4.16. The van der Waals surface area contributed by atoms with Crippen molar-refractivity contribution in [1.82, 2.24) is 4.90 Å². The van der Waals surface area contributed by atoms with Gasteiger partial charge in [0.15, 0.2) is 5.75 Å². The summed E-state index contributed by atoms with van der Waals surface area (Å²) in [5, 5.41) is 3.61. The van der Waals surface area contributed by atoms with Crippen LogP contribution in [-0.2, 0) is 26.3 Å². The molecule has 4 aromatic rings. The first-order valence-electron chi connectivity index (χ1n) is 11.9. The molecule has 0 atom stereocenters. The van der Waals surface area contributed by atoms with E-state index in [0.29, 0.717) is 16.6 Å². The Bertz CT molecular complexity index is 1790. The first-order chi connectivity index (χ1) is 19.1. The summed E-state index contributed by atoms with van der Waals surface area (Å²) in [5.41, 5.74) is 1.58. The van der Waals surface area contributed by atoms with Gasteiger partial charge in [-0.25, -0.2) is 0 Å². The predicted octanol–water partition coefficient (Wildman–Crippen LogP) is 6.56. The van der Waals surface area contributed by atoms with E-state index in [2.05, 4.69) is 21.2 Å². The zero-order valence-corrected chi connectivity index (χ0v) is 24.2. The molecule has 3 amide bonds. The molecule has 4 aromatic carbocycles. The highest BCUT2D eigenvalue weighted by molar-refractivity contribution is 9.10. The number of carbonyl (C=O) groups excluding carboxylic acids is 3. The van der Waals surface area contributed by atoms with Crippen LogP contribution >= 0.6 is 27.7 Å². The average Bonchev–Trinajstić information content (AvgIpc) is 3.18. The Balaban J connectivity index is 1.49. The van der Waals surface area contributed by atoms with Crippen molar-refractivity contribution in [3.63, 3.8) is 0 Å². The van der Waals surface area contributed by atoms with Crippen LogP contribution in [-0.4, -0.2) is 30.4 Å². The molecule has 1 saturated heterocycles. The molecular formula is C29H21BrN2O6S2. The molecule has 1 heterocycles. The lowest BCUT2D eigenvalue weighted by Crippen LogP contribution is -2.27. The number of fused-ring (bicyclic) bond motifs is 1. The van der Waals surface area contributed by atoms with Gasteiger partial charge in [-0.2, -0.15) is 8.42 Å². The van der Waals surface area contributed by atoms with Crippen LogP contribution < -0.4 is 9.50 Å². The summed E-state index contributed by atoms with van der Waals surface area (Å²) in [4.78, 5) is 38.5. The maximum Gasteiger partial charge on any atom is 0.339 e. The first kappa shape index (κ1) is 27.6. The van der Waals surface area contributed by atoms with Gasteiger partial charge in [0.25, 0.3) is 11.1 Å². The van der Waals surface area contributed by atoms with Crippen molar-refractivity contribution in [1.29, 1.82) is 0 Å². The smallest absolute Gasteiger partial charge is 0.339 e. The highest BCUT2D eigenvalue weighted by atomic mass is 79.9. The number of amides is 3. The third-order valence-electron chi connectivity index (χ3n) is 6.00. The van der Waals surface area contributed by atoms with E-state index < -0.39 is 21.3 Å². The fraction of sp³-hybridized carbons (Fsp3) is 0.0690. The number of nitrogens with zero attached hydrogens (tertiary/aromatic N) is 1. The lowest BCUT2D eigenvalue weighted by atomic mass is 10.0. The third kappa shape index (κ3) is 5.96. The summed E-state index contributed by atoms with van der Waals surface area (Å²) < 4.78 is 32.8. The lowest BCUT2D eigenvalue weighted by molar-refractivity contribution is -0.123. The number of anilines is 1. The van der Waals surface area contributed by atoms with Crippen LogP contribution in [0.2, 0.25) is 0 Å². The number of imide groups is 1.